The Hall–Kier alpha value is -1.22. The Labute approximate surface area is 92.2 Å². The summed E-state index contributed by atoms with van der Waals surface area (Å²) in [5.41, 5.74) is 0. The highest BCUT2D eigenvalue weighted by molar-refractivity contribution is 8.33. The van der Waals surface area contributed by atoms with E-state index in [0.717, 1.165) is 5.82 Å². The Balaban J connectivity index is 2.39. The number of hydrogen-bond acceptors (Lipinski definition) is 2. The van der Waals surface area contributed by atoms with E-state index in [0.29, 0.717) is 0 Å². The summed E-state index contributed by atoms with van der Waals surface area (Å²) in [6, 6.07) is 10.4. The van der Waals surface area contributed by atoms with Crippen molar-refractivity contribution in [2.45, 2.75) is 0 Å². The van der Waals surface area contributed by atoms with Crippen molar-refractivity contribution in [1.29, 1.82) is 0 Å². The zero-order valence-corrected chi connectivity index (χ0v) is 10.1. The van der Waals surface area contributed by atoms with E-state index in [9.17, 15) is 0 Å². The van der Waals surface area contributed by atoms with Crippen molar-refractivity contribution < 1.29 is 0 Å². The van der Waals surface area contributed by atoms with E-state index >= 15 is 0 Å². The fourth-order valence-corrected chi connectivity index (χ4v) is 2.19. The number of benzene rings is 1. The molecule has 0 saturated heterocycles. The Kier molecular flexibility index (Phi) is 2.57. The normalized spacial score (nSPS) is 12.7. The molecule has 0 fully saturated rings. The number of aromatic nitrogens is 1. The summed E-state index contributed by atoms with van der Waals surface area (Å²) in [5.74, 6) is 0.969. The smallest absolute Gasteiger partial charge is 0.135 e. The van der Waals surface area contributed by atoms with Gasteiger partial charge < -0.3 is 4.72 Å². The Bertz CT molecular complexity index is 474. The van der Waals surface area contributed by atoms with Crippen LogP contribution in [0.2, 0.25) is 0 Å². The van der Waals surface area contributed by atoms with Crippen molar-refractivity contribution in [3.8, 4) is 0 Å². The Morgan fingerprint density at radius 3 is 2.40 bits per heavy atom. The predicted molar refractivity (Wildman–Crippen MR) is 70.7 cm³/mol. The molecule has 2 rings (SSSR count). The molecule has 1 heterocycles. The highest BCUT2D eigenvalue weighted by Crippen LogP contribution is 2.34. The maximum absolute atomic E-state index is 4.40. The van der Waals surface area contributed by atoms with Gasteiger partial charge in [-0.3, -0.25) is 0 Å². The Morgan fingerprint density at radius 2 is 1.73 bits per heavy atom. The van der Waals surface area contributed by atoms with Gasteiger partial charge in [0.2, 0.25) is 0 Å². The molecule has 3 heteroatoms. The SMILES string of the molecule is CS(C)(C)Nc1cc2ccccc2cn1. The van der Waals surface area contributed by atoms with Crippen LogP contribution in [-0.2, 0) is 0 Å². The average molecular weight is 220 g/mol. The molecule has 1 N–H and O–H groups in total. The van der Waals surface area contributed by atoms with Crippen molar-refractivity contribution >= 4 is 26.8 Å². The van der Waals surface area contributed by atoms with E-state index in [-0.39, 0.29) is 0 Å². The fourth-order valence-electron chi connectivity index (χ4n) is 1.45. The van der Waals surface area contributed by atoms with Gasteiger partial charge in [0.05, 0.1) is 0 Å². The predicted octanol–water partition coefficient (Wildman–Crippen LogP) is 3.26. The van der Waals surface area contributed by atoms with Gasteiger partial charge >= 0.3 is 0 Å². The molecule has 0 spiro atoms. The summed E-state index contributed by atoms with van der Waals surface area (Å²) in [6.45, 7) is 0. The van der Waals surface area contributed by atoms with Gasteiger partial charge in [-0.15, -0.1) is 0 Å². The van der Waals surface area contributed by atoms with Crippen molar-refractivity contribution in [3.05, 3.63) is 36.5 Å². The molecule has 15 heavy (non-hydrogen) atoms. The Morgan fingerprint density at radius 1 is 1.07 bits per heavy atom. The molecule has 0 radical (unpaired) electrons. The molecule has 1 aromatic carbocycles. The maximum Gasteiger partial charge on any atom is 0.135 e. The first-order valence-corrected chi connectivity index (χ1v) is 7.71. The third-order valence-corrected chi connectivity index (χ3v) is 2.86. The van der Waals surface area contributed by atoms with Crippen molar-refractivity contribution in [1.82, 2.24) is 4.98 Å². The lowest BCUT2D eigenvalue weighted by Gasteiger charge is -2.27. The minimum absolute atomic E-state index is 0.758. The van der Waals surface area contributed by atoms with Crippen LogP contribution < -0.4 is 4.72 Å². The molecule has 0 amide bonds. The quantitative estimate of drug-likeness (QED) is 0.840. The second kappa shape index (κ2) is 3.74. The van der Waals surface area contributed by atoms with Crippen LogP contribution in [0, 0.1) is 0 Å². The number of anilines is 1. The van der Waals surface area contributed by atoms with E-state index < -0.39 is 10.2 Å². The molecule has 0 atom stereocenters. The zero-order valence-electron chi connectivity index (χ0n) is 9.32. The molecule has 0 aliphatic rings. The highest BCUT2D eigenvalue weighted by Gasteiger charge is 2.04. The van der Waals surface area contributed by atoms with Crippen LogP contribution >= 0.6 is 10.2 Å². The molecule has 0 aliphatic heterocycles. The van der Waals surface area contributed by atoms with Gasteiger partial charge in [-0.25, -0.2) is 4.98 Å². The zero-order chi connectivity index (χ0) is 10.9. The van der Waals surface area contributed by atoms with Gasteiger partial charge in [-0.1, -0.05) is 24.3 Å². The summed E-state index contributed by atoms with van der Waals surface area (Å²) < 4.78 is 3.45. The number of hydrogen-bond donors (Lipinski definition) is 1. The van der Waals surface area contributed by atoms with Gasteiger partial charge in [0.1, 0.15) is 5.82 Å². The summed E-state index contributed by atoms with van der Waals surface area (Å²) >= 11 is 0. The number of pyridine rings is 1. The third-order valence-electron chi connectivity index (χ3n) is 2.04. The van der Waals surface area contributed by atoms with Crippen LogP contribution in [-0.4, -0.2) is 23.8 Å². The van der Waals surface area contributed by atoms with Crippen LogP contribution in [0.5, 0.6) is 0 Å². The van der Waals surface area contributed by atoms with Crippen LogP contribution in [0.3, 0.4) is 0 Å². The van der Waals surface area contributed by atoms with Gasteiger partial charge in [-0.05, 0) is 30.2 Å². The first kappa shape index (κ1) is 10.3. The number of nitrogens with one attached hydrogen (secondary N) is 1. The molecule has 1 aromatic heterocycles. The molecule has 0 aliphatic carbocycles. The van der Waals surface area contributed by atoms with Crippen LogP contribution in [0.4, 0.5) is 5.82 Å². The van der Waals surface area contributed by atoms with Gasteiger partial charge in [0.15, 0.2) is 0 Å². The van der Waals surface area contributed by atoms with Crippen LogP contribution in [0.15, 0.2) is 36.5 Å². The molecular weight excluding hydrogens is 204 g/mol. The minimum atomic E-state index is -0.758. The first-order valence-electron chi connectivity index (χ1n) is 4.85. The third kappa shape index (κ3) is 2.63. The molecule has 80 valence electrons. The van der Waals surface area contributed by atoms with E-state index in [2.05, 4.69) is 52.7 Å². The number of nitrogens with zero attached hydrogens (tertiary/aromatic N) is 1. The standard InChI is InChI=1S/C12H16N2S/c1-15(2,3)14-12-8-10-6-4-5-7-11(10)9-13-12/h4-9H,1-3H3,(H,13,14). The second-order valence-corrected chi connectivity index (χ2v) is 8.23. The van der Waals surface area contributed by atoms with Gasteiger partial charge in [-0.2, -0.15) is 10.2 Å². The molecule has 0 saturated carbocycles. The van der Waals surface area contributed by atoms with E-state index in [1.54, 1.807) is 0 Å². The minimum Gasteiger partial charge on any atom is -0.333 e. The summed E-state index contributed by atoms with van der Waals surface area (Å²) in [5, 5.41) is 2.42. The van der Waals surface area contributed by atoms with Crippen LogP contribution in [0.25, 0.3) is 10.8 Å². The molecule has 2 aromatic rings. The lowest BCUT2D eigenvalue weighted by molar-refractivity contribution is 1.36. The largest absolute Gasteiger partial charge is 0.333 e. The molecule has 2 nitrogen and oxygen atoms in total. The monoisotopic (exact) mass is 220 g/mol. The van der Waals surface area contributed by atoms with Gasteiger partial charge in [0.25, 0.3) is 0 Å². The van der Waals surface area contributed by atoms with Crippen molar-refractivity contribution in [2.75, 3.05) is 23.5 Å². The topological polar surface area (TPSA) is 24.9 Å². The maximum atomic E-state index is 4.40. The van der Waals surface area contributed by atoms with Gasteiger partial charge in [0, 0.05) is 11.6 Å². The highest BCUT2D eigenvalue weighted by atomic mass is 32.3. The van der Waals surface area contributed by atoms with E-state index in [4.69, 9.17) is 0 Å². The molecular formula is C12H16N2S. The second-order valence-electron chi connectivity index (χ2n) is 4.36. The molecule has 0 bridgehead atoms. The molecule has 0 unspecified atom stereocenters. The lowest BCUT2D eigenvalue weighted by atomic mass is 10.2. The van der Waals surface area contributed by atoms with Crippen molar-refractivity contribution in [3.63, 3.8) is 0 Å². The van der Waals surface area contributed by atoms with E-state index in [1.165, 1.54) is 10.8 Å². The summed E-state index contributed by atoms with van der Waals surface area (Å²) in [6.07, 6.45) is 8.56. The first-order chi connectivity index (χ1) is 7.04. The van der Waals surface area contributed by atoms with Crippen molar-refractivity contribution in [2.24, 2.45) is 0 Å². The summed E-state index contributed by atoms with van der Waals surface area (Å²) in [7, 11) is -0.758. The fraction of sp³-hybridized carbons (Fsp3) is 0.250. The van der Waals surface area contributed by atoms with E-state index in [1.807, 2.05) is 12.3 Å². The number of fused-ring (bicyclic) bond motifs is 1. The number of rotatable bonds is 2. The van der Waals surface area contributed by atoms with Crippen LogP contribution in [0.1, 0.15) is 0 Å². The average Bonchev–Trinajstić information content (AvgIpc) is 2.15. The summed E-state index contributed by atoms with van der Waals surface area (Å²) in [4.78, 5) is 4.40. The lowest BCUT2D eigenvalue weighted by Crippen LogP contribution is -2.06.